The Hall–Kier alpha value is -0.750. The molecule has 0 unspecified atom stereocenters. The number of allylic oxidation sites excluding steroid dienone is 2. The molecule has 2 aliphatic heterocycles. The van der Waals surface area contributed by atoms with Gasteiger partial charge in [0, 0.05) is 5.92 Å². The van der Waals surface area contributed by atoms with Crippen LogP contribution in [-0.2, 0) is 14.3 Å². The van der Waals surface area contributed by atoms with Gasteiger partial charge in [0.15, 0.2) is 0 Å². The minimum Gasteiger partial charge on any atom is -0.394 e. The zero-order valence-corrected chi connectivity index (χ0v) is 25.4. The molecule has 2 N–H and O–H groups in total. The van der Waals surface area contributed by atoms with E-state index in [-0.39, 0.29) is 24.7 Å². The Balaban J connectivity index is -0.000000165. The first-order valence-electron chi connectivity index (χ1n) is 14.2. The van der Waals surface area contributed by atoms with Gasteiger partial charge in [-0.25, -0.2) is 0 Å². The molecule has 0 aromatic carbocycles. The van der Waals surface area contributed by atoms with Crippen molar-refractivity contribution in [3.05, 3.63) is 12.2 Å². The standard InChI is InChI=1S/C7H14.C6H14.C5H10O.C5H12O.C4H8O.C3H6O2/c1-4-6-7(3)5-2;1-4-6(3)5-2;1-3-5(2)4-6;1-3-5(6)4-2;1-2-4-3-5-4;4-1-3-2-5-3/h4,6-7H,5H2,1-3H3;6H,4-5H2,1-3H3;4-5H,3H2,1-2H3;5-6H,3-4H2,1-2H3;4H,2-3H2,1H3;3-4H,1-2H2/b6-4+;;;;;/t7-;;5-;;4-;3-/m1.1.00/s1. The number of epoxide rings is 2. The summed E-state index contributed by atoms with van der Waals surface area (Å²) < 4.78 is 9.47. The maximum atomic E-state index is 9.74. The summed E-state index contributed by atoms with van der Waals surface area (Å²) in [7, 11) is 0. The predicted octanol–water partition coefficient (Wildman–Crippen LogP) is 7.62. The predicted molar refractivity (Wildman–Crippen MR) is 153 cm³/mol. The van der Waals surface area contributed by atoms with Crippen molar-refractivity contribution in [2.75, 3.05) is 19.8 Å². The van der Waals surface area contributed by atoms with E-state index < -0.39 is 0 Å². The van der Waals surface area contributed by atoms with Crippen LogP contribution in [0.2, 0.25) is 0 Å². The molecular formula is C30H64O5. The summed E-state index contributed by atoms with van der Waals surface area (Å²) in [5, 5.41) is 16.7. The van der Waals surface area contributed by atoms with Gasteiger partial charge < -0.3 is 24.5 Å². The van der Waals surface area contributed by atoms with E-state index in [2.05, 4.69) is 65.4 Å². The minimum atomic E-state index is -0.0648. The monoisotopic (exact) mass is 504 g/mol. The van der Waals surface area contributed by atoms with Gasteiger partial charge in [0.2, 0.25) is 0 Å². The topological polar surface area (TPSA) is 82.6 Å². The molecule has 2 aliphatic rings. The smallest absolute Gasteiger partial charge is 0.122 e. The number of ether oxygens (including phenoxy) is 2. The molecule has 214 valence electrons. The maximum absolute atomic E-state index is 9.74. The van der Waals surface area contributed by atoms with Gasteiger partial charge in [-0.2, -0.15) is 0 Å². The second-order valence-electron chi connectivity index (χ2n) is 9.33. The lowest BCUT2D eigenvalue weighted by Gasteiger charge is -1.98. The molecule has 2 rings (SSSR count). The second-order valence-corrected chi connectivity index (χ2v) is 9.33. The van der Waals surface area contributed by atoms with Gasteiger partial charge in [-0.3, -0.25) is 0 Å². The molecule has 0 radical (unpaired) electrons. The molecule has 2 heterocycles. The van der Waals surface area contributed by atoms with Gasteiger partial charge in [-0.1, -0.05) is 101 Å². The lowest BCUT2D eigenvalue weighted by atomic mass is 10.1. The molecule has 0 amide bonds. The largest absolute Gasteiger partial charge is 0.394 e. The van der Waals surface area contributed by atoms with Crippen LogP contribution in [0.3, 0.4) is 0 Å². The van der Waals surface area contributed by atoms with E-state index in [1.54, 1.807) is 0 Å². The second kappa shape index (κ2) is 33.2. The van der Waals surface area contributed by atoms with Crippen LogP contribution in [0.1, 0.15) is 121 Å². The molecule has 4 atom stereocenters. The maximum Gasteiger partial charge on any atom is 0.122 e. The Labute approximate surface area is 220 Å². The number of hydrogen-bond acceptors (Lipinski definition) is 5. The van der Waals surface area contributed by atoms with E-state index in [9.17, 15) is 4.79 Å². The Kier molecular flexibility index (Phi) is 39.3. The van der Waals surface area contributed by atoms with Gasteiger partial charge in [0.1, 0.15) is 12.4 Å². The Morgan fingerprint density at radius 3 is 1.23 bits per heavy atom. The number of rotatable bonds is 10. The van der Waals surface area contributed by atoms with Crippen molar-refractivity contribution in [3.8, 4) is 0 Å². The van der Waals surface area contributed by atoms with Gasteiger partial charge in [0.05, 0.1) is 32.0 Å². The van der Waals surface area contributed by atoms with Gasteiger partial charge >= 0.3 is 0 Å². The minimum absolute atomic E-state index is 0.0648. The average molecular weight is 505 g/mol. The van der Waals surface area contributed by atoms with Crippen LogP contribution >= 0.6 is 0 Å². The van der Waals surface area contributed by atoms with Crippen molar-refractivity contribution in [2.24, 2.45) is 17.8 Å². The van der Waals surface area contributed by atoms with Crippen LogP contribution < -0.4 is 0 Å². The first kappa shape index (κ1) is 41.4. The van der Waals surface area contributed by atoms with Crippen molar-refractivity contribution < 1.29 is 24.5 Å². The summed E-state index contributed by atoms with van der Waals surface area (Å²) in [6.07, 6.45) is 13.9. The number of hydrogen-bond donors (Lipinski definition) is 2. The third-order valence-corrected chi connectivity index (χ3v) is 5.84. The highest BCUT2D eigenvalue weighted by molar-refractivity contribution is 5.52. The fraction of sp³-hybridized carbons (Fsp3) is 0.900. The average Bonchev–Trinajstić information content (AvgIpc) is 3.82. The van der Waals surface area contributed by atoms with Crippen LogP contribution in [0, 0.1) is 17.8 Å². The molecule has 2 fully saturated rings. The molecule has 0 aromatic rings. The van der Waals surface area contributed by atoms with Gasteiger partial charge in [-0.05, 0) is 44.4 Å². The third kappa shape index (κ3) is 47.1. The summed E-state index contributed by atoms with van der Waals surface area (Å²) in [4.78, 5) is 9.74. The van der Waals surface area contributed by atoms with Gasteiger partial charge in [-0.15, -0.1) is 0 Å². The molecule has 5 heteroatoms. The SMILES string of the molecule is C/C=C/[C@H](C)CC.CCC(C)CC.CCC(O)CC.CC[C@@H](C)C=O.CC[C@H]1CO1.OC[C@H]1CO1. The van der Waals surface area contributed by atoms with Crippen LogP contribution in [0.15, 0.2) is 12.2 Å². The molecule has 0 aliphatic carbocycles. The van der Waals surface area contributed by atoms with E-state index >= 15 is 0 Å². The van der Waals surface area contributed by atoms with Crippen LogP contribution in [0.25, 0.3) is 0 Å². The van der Waals surface area contributed by atoms with E-state index in [0.717, 1.165) is 50.6 Å². The van der Waals surface area contributed by atoms with Crippen molar-refractivity contribution >= 4 is 6.29 Å². The fourth-order valence-corrected chi connectivity index (χ4v) is 1.62. The summed E-state index contributed by atoms with van der Waals surface area (Å²) in [5.74, 6) is 1.96. The first-order valence-corrected chi connectivity index (χ1v) is 14.2. The highest BCUT2D eigenvalue weighted by Gasteiger charge is 2.19. The van der Waals surface area contributed by atoms with E-state index in [4.69, 9.17) is 14.9 Å². The fourth-order valence-electron chi connectivity index (χ4n) is 1.62. The number of carbonyl (C=O) groups excluding carboxylic acids is 1. The number of carbonyl (C=O) groups is 1. The number of aldehydes is 1. The molecule has 35 heavy (non-hydrogen) atoms. The zero-order valence-electron chi connectivity index (χ0n) is 25.4. The van der Waals surface area contributed by atoms with Crippen molar-refractivity contribution in [2.45, 2.75) is 139 Å². The first-order chi connectivity index (χ1) is 16.6. The number of aliphatic hydroxyl groups is 2. The molecule has 0 saturated carbocycles. The number of aliphatic hydroxyl groups excluding tert-OH is 2. The van der Waals surface area contributed by atoms with E-state index in [0.29, 0.717) is 6.10 Å². The highest BCUT2D eigenvalue weighted by atomic mass is 16.6. The molecular weight excluding hydrogens is 440 g/mol. The lowest BCUT2D eigenvalue weighted by molar-refractivity contribution is -0.110. The Bertz CT molecular complexity index is 376. The molecule has 0 bridgehead atoms. The lowest BCUT2D eigenvalue weighted by Crippen LogP contribution is -1.99. The summed E-state index contributed by atoms with van der Waals surface area (Å²) in [6.45, 7) is 25.2. The third-order valence-electron chi connectivity index (χ3n) is 5.84. The van der Waals surface area contributed by atoms with Crippen molar-refractivity contribution in [1.82, 2.24) is 0 Å². The van der Waals surface area contributed by atoms with Crippen molar-refractivity contribution in [1.29, 1.82) is 0 Å². The zero-order chi connectivity index (χ0) is 28.1. The molecule has 2 saturated heterocycles. The molecule has 0 spiro atoms. The van der Waals surface area contributed by atoms with E-state index in [1.165, 1.54) is 25.7 Å². The quantitative estimate of drug-likeness (QED) is 0.182. The van der Waals surface area contributed by atoms with Crippen LogP contribution in [-0.4, -0.2) is 54.6 Å². The van der Waals surface area contributed by atoms with Crippen molar-refractivity contribution in [3.63, 3.8) is 0 Å². The van der Waals surface area contributed by atoms with Crippen LogP contribution in [0.4, 0.5) is 0 Å². The summed E-state index contributed by atoms with van der Waals surface area (Å²) in [5.41, 5.74) is 0. The summed E-state index contributed by atoms with van der Waals surface area (Å²) >= 11 is 0. The molecule has 0 aromatic heterocycles. The van der Waals surface area contributed by atoms with Crippen LogP contribution in [0.5, 0.6) is 0 Å². The molecule has 5 nitrogen and oxygen atoms in total. The normalized spacial score (nSPS) is 18.6. The Morgan fingerprint density at radius 2 is 1.20 bits per heavy atom. The van der Waals surface area contributed by atoms with E-state index in [1.807, 2.05) is 27.7 Å². The Morgan fingerprint density at radius 1 is 0.771 bits per heavy atom. The summed E-state index contributed by atoms with van der Waals surface area (Å²) in [6, 6.07) is 0. The highest BCUT2D eigenvalue weighted by Crippen LogP contribution is 2.11. The van der Waals surface area contributed by atoms with Gasteiger partial charge in [0.25, 0.3) is 0 Å².